The van der Waals surface area contributed by atoms with Crippen molar-refractivity contribution >= 4 is 17.8 Å². The average molecular weight is 741 g/mol. The van der Waals surface area contributed by atoms with Crippen molar-refractivity contribution < 1.29 is 47.5 Å². The van der Waals surface area contributed by atoms with Gasteiger partial charge in [0.15, 0.2) is 0 Å². The molecule has 2 unspecified atom stereocenters. The summed E-state index contributed by atoms with van der Waals surface area (Å²) in [6, 6.07) is 0.00239. The first-order valence-electron chi connectivity index (χ1n) is 18.9. The Bertz CT molecular complexity index is 1160. The summed E-state index contributed by atoms with van der Waals surface area (Å²) in [6.07, 6.45) is 4.22. The highest BCUT2D eigenvalue weighted by Gasteiger charge is 2.44. The number of rotatable bonds is 28. The Kier molecular flexibility index (Phi) is 20.6. The van der Waals surface area contributed by atoms with Gasteiger partial charge in [-0.2, -0.15) is 0 Å². The standard InChI is InChI=1S/C36H64N6O10/c1-6-29(2)30-7-9-40(26-30)35(45)37-8-11-46-13-15-48-17-19-50-21-23-52-24-22-51-20-18-49-16-14-47-12-10-41-27-31(38-39-41)28-42-33(43)25-32(34(42)44)36(3,4)5/h27,29-30,32H,6-26,28H2,1-5H3,(H,37,45)/t29?,30-,32?/m1/s1. The summed E-state index contributed by atoms with van der Waals surface area (Å²) in [5, 5.41) is 11.1. The van der Waals surface area contributed by atoms with Gasteiger partial charge in [-0.3, -0.25) is 14.5 Å². The van der Waals surface area contributed by atoms with Gasteiger partial charge in [-0.05, 0) is 23.7 Å². The molecule has 0 saturated carbocycles. The second-order valence-corrected chi connectivity index (χ2v) is 14.3. The number of amides is 4. The third-order valence-corrected chi connectivity index (χ3v) is 9.38. The zero-order valence-corrected chi connectivity index (χ0v) is 32.2. The molecular weight excluding hydrogens is 676 g/mol. The summed E-state index contributed by atoms with van der Waals surface area (Å²) in [5.41, 5.74) is 0.311. The molecule has 0 radical (unpaired) electrons. The predicted molar refractivity (Wildman–Crippen MR) is 191 cm³/mol. The third-order valence-electron chi connectivity index (χ3n) is 9.38. The lowest BCUT2D eigenvalue weighted by molar-refractivity contribution is -0.141. The Labute approximate surface area is 309 Å². The Morgan fingerprint density at radius 3 is 1.87 bits per heavy atom. The van der Waals surface area contributed by atoms with E-state index in [-0.39, 0.29) is 42.1 Å². The van der Waals surface area contributed by atoms with E-state index >= 15 is 0 Å². The van der Waals surface area contributed by atoms with Crippen molar-refractivity contribution in [3.05, 3.63) is 11.9 Å². The van der Waals surface area contributed by atoms with Gasteiger partial charge in [-0.15, -0.1) is 5.10 Å². The fourth-order valence-electron chi connectivity index (χ4n) is 5.90. The molecule has 0 bridgehead atoms. The van der Waals surface area contributed by atoms with Crippen LogP contribution in [0.25, 0.3) is 0 Å². The van der Waals surface area contributed by atoms with Gasteiger partial charge in [0.25, 0.3) is 0 Å². The highest BCUT2D eigenvalue weighted by atomic mass is 16.6. The van der Waals surface area contributed by atoms with Crippen molar-refractivity contribution in [1.29, 1.82) is 0 Å². The molecule has 298 valence electrons. The number of nitrogens with zero attached hydrogens (tertiary/aromatic N) is 5. The van der Waals surface area contributed by atoms with E-state index in [1.807, 2.05) is 25.7 Å². The van der Waals surface area contributed by atoms with Gasteiger partial charge in [0.1, 0.15) is 5.69 Å². The van der Waals surface area contributed by atoms with Crippen LogP contribution in [-0.4, -0.2) is 155 Å². The fraction of sp³-hybridized carbons (Fsp3) is 0.861. The van der Waals surface area contributed by atoms with Crippen LogP contribution in [-0.2, 0) is 55.8 Å². The van der Waals surface area contributed by atoms with Crippen LogP contribution in [0.4, 0.5) is 4.79 Å². The van der Waals surface area contributed by atoms with Gasteiger partial charge in [0.2, 0.25) is 11.8 Å². The number of imide groups is 1. The van der Waals surface area contributed by atoms with Gasteiger partial charge < -0.3 is 43.4 Å². The number of carbonyl (C=O) groups is 3. The first-order chi connectivity index (χ1) is 25.1. The highest BCUT2D eigenvalue weighted by molar-refractivity contribution is 6.03. The van der Waals surface area contributed by atoms with Crippen LogP contribution in [0, 0.1) is 23.2 Å². The summed E-state index contributed by atoms with van der Waals surface area (Å²) < 4.78 is 40.3. The summed E-state index contributed by atoms with van der Waals surface area (Å²) in [6.45, 7) is 19.7. The molecule has 1 aromatic rings. The number of carbonyl (C=O) groups excluding carboxylic acids is 3. The van der Waals surface area contributed by atoms with E-state index in [2.05, 4.69) is 29.5 Å². The summed E-state index contributed by atoms with van der Waals surface area (Å²) in [4.78, 5) is 40.5. The van der Waals surface area contributed by atoms with Crippen molar-refractivity contribution in [1.82, 2.24) is 30.1 Å². The Balaban J connectivity index is 1.00. The molecular formula is C36H64N6O10. The fourth-order valence-corrected chi connectivity index (χ4v) is 5.90. The minimum atomic E-state index is -0.305. The normalized spacial score (nSPS) is 18.6. The predicted octanol–water partition coefficient (Wildman–Crippen LogP) is 2.39. The first kappa shape index (κ1) is 43.7. The van der Waals surface area contributed by atoms with E-state index in [0.717, 1.165) is 25.9 Å². The van der Waals surface area contributed by atoms with Gasteiger partial charge in [0.05, 0.1) is 118 Å². The minimum absolute atomic E-state index is 0.00239. The summed E-state index contributed by atoms with van der Waals surface area (Å²) >= 11 is 0. The Morgan fingerprint density at radius 1 is 0.846 bits per heavy atom. The van der Waals surface area contributed by atoms with Crippen molar-refractivity contribution in [2.24, 2.45) is 23.2 Å². The molecule has 0 aliphatic carbocycles. The molecule has 3 heterocycles. The number of nitrogens with one attached hydrogen (secondary N) is 1. The maximum absolute atomic E-state index is 12.7. The zero-order valence-electron chi connectivity index (χ0n) is 32.2. The molecule has 4 amide bonds. The number of hydrogen-bond acceptors (Lipinski definition) is 12. The lowest BCUT2D eigenvalue weighted by Crippen LogP contribution is -2.40. The second-order valence-electron chi connectivity index (χ2n) is 14.3. The molecule has 0 aromatic carbocycles. The molecule has 2 fully saturated rings. The van der Waals surface area contributed by atoms with E-state index in [1.165, 1.54) is 4.90 Å². The van der Waals surface area contributed by atoms with E-state index in [1.54, 1.807) is 10.9 Å². The van der Waals surface area contributed by atoms with Crippen molar-refractivity contribution in [2.45, 2.75) is 67.0 Å². The minimum Gasteiger partial charge on any atom is -0.377 e. The smallest absolute Gasteiger partial charge is 0.317 e. The highest BCUT2D eigenvalue weighted by Crippen LogP contribution is 2.35. The molecule has 2 saturated heterocycles. The topological polar surface area (TPSA) is 165 Å². The monoisotopic (exact) mass is 740 g/mol. The van der Waals surface area contributed by atoms with Gasteiger partial charge >= 0.3 is 6.03 Å². The van der Waals surface area contributed by atoms with Gasteiger partial charge in [-0.25, -0.2) is 9.48 Å². The number of aromatic nitrogens is 3. The molecule has 3 rings (SSSR count). The van der Waals surface area contributed by atoms with Gasteiger partial charge in [0, 0.05) is 26.1 Å². The Morgan fingerprint density at radius 2 is 1.37 bits per heavy atom. The molecule has 2 aliphatic rings. The van der Waals surface area contributed by atoms with E-state index in [0.29, 0.717) is 123 Å². The van der Waals surface area contributed by atoms with Crippen LogP contribution >= 0.6 is 0 Å². The number of hydrogen-bond donors (Lipinski definition) is 1. The molecule has 1 aromatic heterocycles. The third kappa shape index (κ3) is 16.5. The maximum atomic E-state index is 12.7. The molecule has 16 heteroatoms. The number of ether oxygens (including phenoxy) is 7. The molecule has 3 atom stereocenters. The van der Waals surface area contributed by atoms with Crippen molar-refractivity contribution in [3.63, 3.8) is 0 Å². The van der Waals surface area contributed by atoms with E-state index in [4.69, 9.17) is 33.2 Å². The van der Waals surface area contributed by atoms with E-state index < -0.39 is 0 Å². The Hall–Kier alpha value is -2.73. The molecule has 1 N–H and O–H groups in total. The average Bonchev–Trinajstić information content (AvgIpc) is 3.86. The van der Waals surface area contributed by atoms with Crippen LogP contribution in [0.5, 0.6) is 0 Å². The largest absolute Gasteiger partial charge is 0.377 e. The number of likely N-dealkylation sites (tertiary alicyclic amines) is 2. The lowest BCUT2D eigenvalue weighted by Gasteiger charge is -2.24. The van der Waals surface area contributed by atoms with Crippen LogP contribution in [0.15, 0.2) is 6.20 Å². The van der Waals surface area contributed by atoms with Crippen molar-refractivity contribution in [2.75, 3.05) is 112 Å². The van der Waals surface area contributed by atoms with Crippen LogP contribution in [0.1, 0.15) is 59.6 Å². The first-order valence-corrected chi connectivity index (χ1v) is 18.9. The second kappa shape index (κ2) is 24.6. The van der Waals surface area contributed by atoms with E-state index in [9.17, 15) is 14.4 Å². The summed E-state index contributed by atoms with van der Waals surface area (Å²) in [5.74, 6) is 0.658. The molecule has 2 aliphatic heterocycles. The number of urea groups is 1. The molecule has 0 spiro atoms. The maximum Gasteiger partial charge on any atom is 0.317 e. The SMILES string of the molecule is CCC(C)[C@@H]1CCN(C(=O)NCCOCCOCCOCCOCCOCCOCCOCCn2cc(CN3C(=O)CC(C(C)(C)C)C3=O)nn2)C1. The van der Waals surface area contributed by atoms with Crippen LogP contribution in [0.3, 0.4) is 0 Å². The van der Waals surface area contributed by atoms with Crippen LogP contribution in [0.2, 0.25) is 0 Å². The van der Waals surface area contributed by atoms with Crippen LogP contribution < -0.4 is 5.32 Å². The lowest BCUT2D eigenvalue weighted by atomic mass is 9.80. The quantitative estimate of drug-likeness (QED) is 0.0987. The summed E-state index contributed by atoms with van der Waals surface area (Å²) in [7, 11) is 0. The van der Waals surface area contributed by atoms with Crippen molar-refractivity contribution in [3.8, 4) is 0 Å². The molecule has 16 nitrogen and oxygen atoms in total. The zero-order chi connectivity index (χ0) is 37.6. The molecule has 52 heavy (non-hydrogen) atoms. The van der Waals surface area contributed by atoms with Gasteiger partial charge in [-0.1, -0.05) is 46.3 Å².